The maximum atomic E-state index is 9.35. The summed E-state index contributed by atoms with van der Waals surface area (Å²) in [7, 11) is 0. The van der Waals surface area contributed by atoms with Gasteiger partial charge in [0, 0.05) is 0 Å². The molecule has 3 heteroatoms. The van der Waals surface area contributed by atoms with Crippen molar-refractivity contribution in [1.29, 1.82) is 0 Å². The Balaban J connectivity index is 3.21. The third kappa shape index (κ3) is 1.60. The van der Waals surface area contributed by atoms with Gasteiger partial charge in [-0.1, -0.05) is 0 Å². The van der Waals surface area contributed by atoms with Crippen LogP contribution in [0, 0.1) is 0 Å². The summed E-state index contributed by atoms with van der Waals surface area (Å²) in [6.45, 7) is 0. The van der Waals surface area contributed by atoms with Gasteiger partial charge in [-0.2, -0.15) is 0 Å². The Kier molecular flexibility index (Phi) is 2.24. The zero-order valence-corrected chi connectivity index (χ0v) is 3.05. The van der Waals surface area contributed by atoms with Gasteiger partial charge in [0.05, 0.1) is 0 Å². The SMILES string of the molecule is N[C@H]([C]=O)C=O. The molecule has 0 bridgehead atoms. The first-order valence-corrected chi connectivity index (χ1v) is 1.40. The van der Waals surface area contributed by atoms with Gasteiger partial charge in [-0.25, -0.2) is 0 Å². The van der Waals surface area contributed by atoms with Gasteiger partial charge in [-0.05, 0) is 0 Å². The van der Waals surface area contributed by atoms with Gasteiger partial charge in [0.2, 0.25) is 6.29 Å². The highest BCUT2D eigenvalue weighted by Crippen LogP contribution is 1.52. The Morgan fingerprint density at radius 1 is 1.83 bits per heavy atom. The maximum Gasteiger partial charge on any atom is 0.224 e. The summed E-state index contributed by atoms with van der Waals surface area (Å²) < 4.78 is 0. The summed E-state index contributed by atoms with van der Waals surface area (Å²) in [5.74, 6) is 0. The highest BCUT2D eigenvalue weighted by Gasteiger charge is 1.91. The van der Waals surface area contributed by atoms with Crippen LogP contribution in [0.25, 0.3) is 0 Å². The third-order valence-corrected chi connectivity index (χ3v) is 0.283. The third-order valence-electron chi connectivity index (χ3n) is 0.283. The van der Waals surface area contributed by atoms with Crippen molar-refractivity contribution in [3.8, 4) is 0 Å². The molecule has 0 amide bonds. The van der Waals surface area contributed by atoms with E-state index in [2.05, 4.69) is 5.73 Å². The van der Waals surface area contributed by atoms with E-state index < -0.39 is 6.04 Å². The van der Waals surface area contributed by atoms with Crippen molar-refractivity contribution in [2.75, 3.05) is 0 Å². The molecule has 0 aromatic rings. The van der Waals surface area contributed by atoms with E-state index in [-0.39, 0.29) is 0 Å². The second-order valence-corrected chi connectivity index (χ2v) is 0.780. The summed E-state index contributed by atoms with van der Waals surface area (Å²) in [6.07, 6.45) is 1.60. The minimum absolute atomic E-state index is 0.326. The fourth-order valence-corrected chi connectivity index (χ4v) is 0.0278. The second-order valence-electron chi connectivity index (χ2n) is 0.780. The van der Waals surface area contributed by atoms with Crippen molar-refractivity contribution in [3.63, 3.8) is 0 Å². The van der Waals surface area contributed by atoms with E-state index in [1.807, 2.05) is 0 Å². The fourth-order valence-electron chi connectivity index (χ4n) is 0.0278. The first-order chi connectivity index (χ1) is 2.81. The molecule has 0 aliphatic heterocycles. The Morgan fingerprint density at radius 3 is 2.33 bits per heavy atom. The predicted octanol–water partition coefficient (Wildman–Crippen LogP) is -1.38. The van der Waals surface area contributed by atoms with Crippen molar-refractivity contribution >= 4 is 12.6 Å². The Morgan fingerprint density at radius 2 is 2.33 bits per heavy atom. The van der Waals surface area contributed by atoms with Crippen LogP contribution in [0.3, 0.4) is 0 Å². The lowest BCUT2D eigenvalue weighted by Gasteiger charge is -1.78. The number of hydrogen-bond acceptors (Lipinski definition) is 3. The highest BCUT2D eigenvalue weighted by atomic mass is 16.1. The number of rotatable bonds is 2. The predicted molar refractivity (Wildman–Crippen MR) is 19.7 cm³/mol. The molecule has 6 heavy (non-hydrogen) atoms. The lowest BCUT2D eigenvalue weighted by Crippen LogP contribution is -2.22. The van der Waals surface area contributed by atoms with Gasteiger partial charge in [0.1, 0.15) is 12.3 Å². The van der Waals surface area contributed by atoms with Crippen LogP contribution >= 0.6 is 0 Å². The molecular formula is C3H4NO2. The molecule has 0 spiro atoms. The molecule has 3 nitrogen and oxygen atoms in total. The standard InChI is InChI=1S/C3H4NO2/c4-3(1-5)2-6/h1,3H,4H2/t3-/m0/s1. The van der Waals surface area contributed by atoms with Crippen LogP contribution in [0.5, 0.6) is 0 Å². The Bertz CT molecular complexity index is 53.8. The zero-order chi connectivity index (χ0) is 4.99. The van der Waals surface area contributed by atoms with Crippen molar-refractivity contribution in [2.24, 2.45) is 5.73 Å². The van der Waals surface area contributed by atoms with Gasteiger partial charge in [-0.15, -0.1) is 0 Å². The molecule has 2 N–H and O–H groups in total. The molecule has 1 radical (unpaired) electrons. The zero-order valence-electron chi connectivity index (χ0n) is 3.05. The molecule has 0 aliphatic carbocycles. The Hall–Kier alpha value is -0.700. The molecule has 0 fully saturated rings. The molecule has 0 saturated carbocycles. The van der Waals surface area contributed by atoms with Crippen molar-refractivity contribution in [3.05, 3.63) is 0 Å². The molecular weight excluding hydrogens is 82.0 g/mol. The minimum Gasteiger partial charge on any atom is -0.315 e. The summed E-state index contributed by atoms with van der Waals surface area (Å²) in [6, 6.07) is -1.05. The number of hydrogen-bond donors (Lipinski definition) is 1. The van der Waals surface area contributed by atoms with E-state index in [0.29, 0.717) is 6.29 Å². The monoisotopic (exact) mass is 86.0 g/mol. The van der Waals surface area contributed by atoms with Gasteiger partial charge in [0.15, 0.2) is 0 Å². The smallest absolute Gasteiger partial charge is 0.224 e. The van der Waals surface area contributed by atoms with Crippen molar-refractivity contribution in [1.82, 2.24) is 0 Å². The topological polar surface area (TPSA) is 60.2 Å². The number of nitrogens with two attached hydrogens (primary N) is 1. The van der Waals surface area contributed by atoms with E-state index in [0.717, 1.165) is 0 Å². The summed E-state index contributed by atoms with van der Waals surface area (Å²) in [5, 5.41) is 0. The van der Waals surface area contributed by atoms with Gasteiger partial charge < -0.3 is 10.5 Å². The highest BCUT2D eigenvalue weighted by molar-refractivity contribution is 5.81. The van der Waals surface area contributed by atoms with E-state index >= 15 is 0 Å². The molecule has 0 aromatic carbocycles. The average molecular weight is 86.1 g/mol. The quantitative estimate of drug-likeness (QED) is 0.333. The molecule has 0 saturated heterocycles. The summed E-state index contributed by atoms with van der Waals surface area (Å²) in [5.41, 5.74) is 4.68. The molecule has 33 valence electrons. The maximum absolute atomic E-state index is 9.35. The number of carbonyl (C=O) groups is 1. The van der Waals surface area contributed by atoms with E-state index in [4.69, 9.17) is 0 Å². The average Bonchev–Trinajstić information content (AvgIpc) is 1.65. The molecule has 0 aromatic heterocycles. The minimum atomic E-state index is -1.05. The van der Waals surface area contributed by atoms with Gasteiger partial charge in [-0.3, -0.25) is 4.79 Å². The lowest BCUT2D eigenvalue weighted by atomic mass is 10.4. The largest absolute Gasteiger partial charge is 0.315 e. The van der Waals surface area contributed by atoms with Crippen LogP contribution in [0.1, 0.15) is 0 Å². The molecule has 0 rings (SSSR count). The van der Waals surface area contributed by atoms with Gasteiger partial charge in [0.25, 0.3) is 0 Å². The molecule has 1 atom stereocenters. The molecule has 0 aliphatic rings. The first kappa shape index (κ1) is 5.30. The van der Waals surface area contributed by atoms with E-state index in [9.17, 15) is 9.59 Å². The van der Waals surface area contributed by atoms with Crippen molar-refractivity contribution < 1.29 is 9.59 Å². The van der Waals surface area contributed by atoms with Crippen molar-refractivity contribution in [2.45, 2.75) is 6.04 Å². The normalized spacial score (nSPS) is 8.33. The van der Waals surface area contributed by atoms with Crippen LogP contribution in [-0.4, -0.2) is 18.6 Å². The first-order valence-electron chi connectivity index (χ1n) is 1.40. The van der Waals surface area contributed by atoms with E-state index in [1.54, 1.807) is 0 Å². The molecule has 0 heterocycles. The lowest BCUT2D eigenvalue weighted by molar-refractivity contribution is -0.107. The van der Waals surface area contributed by atoms with Crippen LogP contribution in [0.15, 0.2) is 0 Å². The van der Waals surface area contributed by atoms with Crippen LogP contribution in [-0.2, 0) is 9.59 Å². The van der Waals surface area contributed by atoms with Crippen LogP contribution in [0.2, 0.25) is 0 Å². The second kappa shape index (κ2) is 2.53. The number of carbonyl (C=O) groups excluding carboxylic acids is 2. The Labute approximate surface area is 35.1 Å². The van der Waals surface area contributed by atoms with Crippen LogP contribution in [0.4, 0.5) is 0 Å². The van der Waals surface area contributed by atoms with Gasteiger partial charge >= 0.3 is 0 Å². The summed E-state index contributed by atoms with van der Waals surface area (Å²) in [4.78, 5) is 18.6. The number of aldehydes is 1. The fraction of sp³-hybridized carbons (Fsp3) is 0.333. The van der Waals surface area contributed by atoms with E-state index in [1.165, 1.54) is 6.29 Å². The van der Waals surface area contributed by atoms with Crippen LogP contribution < -0.4 is 5.73 Å². The summed E-state index contributed by atoms with van der Waals surface area (Å²) >= 11 is 0. The molecule has 0 unspecified atom stereocenters.